The topological polar surface area (TPSA) is 41.6 Å². The average Bonchev–Trinajstić information content (AvgIpc) is 2.39. The van der Waals surface area contributed by atoms with Crippen molar-refractivity contribution in [3.63, 3.8) is 0 Å². The summed E-state index contributed by atoms with van der Waals surface area (Å²) in [6.07, 6.45) is 2.32. The highest BCUT2D eigenvalue weighted by molar-refractivity contribution is 8.93. The number of unbranched alkanes of at least 4 members (excludes halogenated alkanes) is 1. The van der Waals surface area contributed by atoms with Gasteiger partial charge in [-0.25, -0.2) is 4.79 Å². The zero-order valence-electron chi connectivity index (χ0n) is 12.5. The second kappa shape index (κ2) is 10.7. The molecular weight excluding hydrogens is 320 g/mol. The second-order valence-corrected chi connectivity index (χ2v) is 4.80. The van der Waals surface area contributed by atoms with Gasteiger partial charge in [-0.05, 0) is 44.8 Å². The summed E-state index contributed by atoms with van der Waals surface area (Å²) in [4.78, 5) is 13.7. The van der Waals surface area contributed by atoms with Crippen molar-refractivity contribution in [1.29, 1.82) is 0 Å². The van der Waals surface area contributed by atoms with Gasteiger partial charge in [-0.1, -0.05) is 13.3 Å². The van der Waals surface area contributed by atoms with E-state index in [4.69, 9.17) is 4.74 Å². The van der Waals surface area contributed by atoms with E-state index in [1.54, 1.807) is 12.1 Å². The summed E-state index contributed by atoms with van der Waals surface area (Å²) in [5.41, 5.74) is 1.64. The first-order valence-electron chi connectivity index (χ1n) is 6.79. The van der Waals surface area contributed by atoms with Gasteiger partial charge in [0.25, 0.3) is 0 Å². The van der Waals surface area contributed by atoms with Crippen LogP contribution in [0.25, 0.3) is 0 Å². The molecule has 0 heterocycles. The lowest BCUT2D eigenvalue weighted by molar-refractivity contribution is 0.0482. The van der Waals surface area contributed by atoms with E-state index in [2.05, 4.69) is 12.2 Å². The van der Waals surface area contributed by atoms with Crippen LogP contribution in [0.2, 0.25) is 0 Å². The maximum Gasteiger partial charge on any atom is 0.338 e. The number of ether oxygens (including phenoxy) is 1. The van der Waals surface area contributed by atoms with Crippen molar-refractivity contribution in [2.75, 3.05) is 39.1 Å². The van der Waals surface area contributed by atoms with Crippen LogP contribution < -0.4 is 5.32 Å². The Hall–Kier alpha value is -1.07. The molecule has 1 aromatic rings. The van der Waals surface area contributed by atoms with Gasteiger partial charge in [0.2, 0.25) is 0 Å². The van der Waals surface area contributed by atoms with E-state index in [9.17, 15) is 4.79 Å². The third-order valence-electron chi connectivity index (χ3n) is 2.75. The monoisotopic (exact) mass is 344 g/mol. The number of rotatable bonds is 8. The SMILES string of the molecule is Br.CCCCNc1ccc(C(=O)OCCN(C)C)cc1. The third kappa shape index (κ3) is 7.50. The predicted molar refractivity (Wildman–Crippen MR) is 89.0 cm³/mol. The molecule has 0 aromatic heterocycles. The molecule has 0 amide bonds. The summed E-state index contributed by atoms with van der Waals surface area (Å²) in [6.45, 7) is 4.28. The zero-order chi connectivity index (χ0) is 14.1. The minimum absolute atomic E-state index is 0. The molecule has 20 heavy (non-hydrogen) atoms. The van der Waals surface area contributed by atoms with Crippen LogP contribution in [0.5, 0.6) is 0 Å². The summed E-state index contributed by atoms with van der Waals surface area (Å²) in [7, 11) is 3.90. The lowest BCUT2D eigenvalue weighted by Gasteiger charge is -2.10. The third-order valence-corrected chi connectivity index (χ3v) is 2.75. The number of hydrogen-bond acceptors (Lipinski definition) is 4. The number of carbonyl (C=O) groups is 1. The molecule has 1 N–H and O–H groups in total. The van der Waals surface area contributed by atoms with Crippen LogP contribution in [0, 0.1) is 0 Å². The summed E-state index contributed by atoms with van der Waals surface area (Å²) < 4.78 is 5.18. The Kier molecular flexibility index (Phi) is 10.1. The van der Waals surface area contributed by atoms with Crippen LogP contribution in [-0.4, -0.2) is 44.7 Å². The van der Waals surface area contributed by atoms with E-state index < -0.39 is 0 Å². The van der Waals surface area contributed by atoms with E-state index in [1.165, 1.54) is 6.42 Å². The fourth-order valence-corrected chi connectivity index (χ4v) is 1.54. The largest absolute Gasteiger partial charge is 0.461 e. The van der Waals surface area contributed by atoms with Gasteiger partial charge in [0.1, 0.15) is 6.61 Å². The van der Waals surface area contributed by atoms with Crippen molar-refractivity contribution >= 4 is 28.6 Å². The average molecular weight is 345 g/mol. The van der Waals surface area contributed by atoms with Gasteiger partial charge in [-0.3, -0.25) is 0 Å². The zero-order valence-corrected chi connectivity index (χ0v) is 14.2. The molecule has 0 aliphatic rings. The number of hydrogen-bond donors (Lipinski definition) is 1. The Labute approximate surface area is 132 Å². The quantitative estimate of drug-likeness (QED) is 0.580. The fourth-order valence-electron chi connectivity index (χ4n) is 1.54. The van der Waals surface area contributed by atoms with Crippen LogP contribution >= 0.6 is 17.0 Å². The van der Waals surface area contributed by atoms with Crippen LogP contribution in [0.3, 0.4) is 0 Å². The van der Waals surface area contributed by atoms with Gasteiger partial charge in [-0.2, -0.15) is 0 Å². The Morgan fingerprint density at radius 3 is 2.45 bits per heavy atom. The number of halogens is 1. The number of anilines is 1. The van der Waals surface area contributed by atoms with Gasteiger partial charge in [0.05, 0.1) is 5.56 Å². The molecule has 0 atom stereocenters. The van der Waals surface area contributed by atoms with Gasteiger partial charge < -0.3 is 15.0 Å². The highest BCUT2D eigenvalue weighted by atomic mass is 79.9. The summed E-state index contributed by atoms with van der Waals surface area (Å²) in [5.74, 6) is -0.262. The number of likely N-dealkylation sites (N-methyl/N-ethyl adjacent to an activating group) is 1. The van der Waals surface area contributed by atoms with Crippen LogP contribution in [-0.2, 0) is 4.74 Å². The summed E-state index contributed by atoms with van der Waals surface area (Å²) in [5, 5.41) is 3.31. The number of esters is 1. The first-order valence-corrected chi connectivity index (χ1v) is 6.79. The molecule has 0 saturated heterocycles. The normalized spacial score (nSPS) is 10.0. The van der Waals surface area contributed by atoms with E-state index in [1.807, 2.05) is 31.1 Å². The maximum absolute atomic E-state index is 11.7. The van der Waals surface area contributed by atoms with Crippen molar-refractivity contribution in [1.82, 2.24) is 4.90 Å². The molecule has 0 unspecified atom stereocenters. The number of nitrogens with zero attached hydrogens (tertiary/aromatic N) is 1. The number of benzene rings is 1. The number of carbonyl (C=O) groups excluding carboxylic acids is 1. The van der Waals surface area contributed by atoms with Gasteiger partial charge in [0, 0.05) is 18.8 Å². The van der Waals surface area contributed by atoms with Crippen LogP contribution in [0.4, 0.5) is 5.69 Å². The summed E-state index contributed by atoms with van der Waals surface area (Å²) >= 11 is 0. The molecule has 0 spiro atoms. The standard InChI is InChI=1S/C15H24N2O2.BrH/c1-4-5-10-16-14-8-6-13(7-9-14)15(18)19-12-11-17(2)3;/h6-9,16H,4-5,10-12H2,1-3H3;1H. The van der Waals surface area contributed by atoms with Gasteiger partial charge in [-0.15, -0.1) is 17.0 Å². The molecule has 0 saturated carbocycles. The van der Waals surface area contributed by atoms with Crippen LogP contribution in [0.1, 0.15) is 30.1 Å². The molecular formula is C15H25BrN2O2. The second-order valence-electron chi connectivity index (χ2n) is 4.80. The Bertz CT molecular complexity index is 380. The Morgan fingerprint density at radius 1 is 1.25 bits per heavy atom. The molecule has 4 nitrogen and oxygen atoms in total. The Balaban J connectivity index is 0.00000361. The van der Waals surface area contributed by atoms with Crippen molar-refractivity contribution in [3.05, 3.63) is 29.8 Å². The lowest BCUT2D eigenvalue weighted by atomic mass is 10.2. The highest BCUT2D eigenvalue weighted by Crippen LogP contribution is 2.10. The Morgan fingerprint density at radius 2 is 1.90 bits per heavy atom. The molecule has 5 heteroatoms. The molecule has 0 aliphatic heterocycles. The minimum Gasteiger partial charge on any atom is -0.461 e. The predicted octanol–water partition coefficient (Wildman–Crippen LogP) is 3.19. The smallest absolute Gasteiger partial charge is 0.338 e. The minimum atomic E-state index is -0.262. The number of nitrogens with one attached hydrogen (secondary N) is 1. The van der Waals surface area contributed by atoms with Crippen molar-refractivity contribution < 1.29 is 9.53 Å². The molecule has 1 rings (SSSR count). The van der Waals surface area contributed by atoms with E-state index >= 15 is 0 Å². The maximum atomic E-state index is 11.7. The highest BCUT2D eigenvalue weighted by Gasteiger charge is 2.06. The molecule has 114 valence electrons. The van der Waals surface area contributed by atoms with E-state index in [0.717, 1.165) is 25.2 Å². The first kappa shape index (κ1) is 18.9. The molecule has 0 radical (unpaired) electrons. The van der Waals surface area contributed by atoms with Crippen molar-refractivity contribution in [2.24, 2.45) is 0 Å². The lowest BCUT2D eigenvalue weighted by Crippen LogP contribution is -2.20. The van der Waals surface area contributed by atoms with Crippen molar-refractivity contribution in [2.45, 2.75) is 19.8 Å². The van der Waals surface area contributed by atoms with Crippen molar-refractivity contribution in [3.8, 4) is 0 Å². The van der Waals surface area contributed by atoms with E-state index in [-0.39, 0.29) is 23.0 Å². The molecule has 0 fully saturated rings. The van der Waals surface area contributed by atoms with Gasteiger partial charge >= 0.3 is 5.97 Å². The van der Waals surface area contributed by atoms with Gasteiger partial charge in [0.15, 0.2) is 0 Å². The van der Waals surface area contributed by atoms with E-state index in [0.29, 0.717) is 12.2 Å². The van der Waals surface area contributed by atoms with Crippen LogP contribution in [0.15, 0.2) is 24.3 Å². The summed E-state index contributed by atoms with van der Waals surface area (Å²) in [6, 6.07) is 7.43. The molecule has 0 bridgehead atoms. The molecule has 1 aromatic carbocycles. The first-order chi connectivity index (χ1) is 9.13. The fraction of sp³-hybridized carbons (Fsp3) is 0.533. The molecule has 0 aliphatic carbocycles.